The highest BCUT2D eigenvalue weighted by Gasteiger charge is 2.10. The van der Waals surface area contributed by atoms with Crippen LogP contribution in [0.25, 0.3) is 5.65 Å². The van der Waals surface area contributed by atoms with Crippen LogP contribution in [-0.2, 0) is 6.54 Å². The first-order valence-corrected chi connectivity index (χ1v) is 6.12. The fourth-order valence-corrected chi connectivity index (χ4v) is 1.98. The van der Waals surface area contributed by atoms with Crippen LogP contribution in [0.4, 0.5) is 5.95 Å². The van der Waals surface area contributed by atoms with Gasteiger partial charge in [-0.2, -0.15) is 4.98 Å². The predicted octanol–water partition coefficient (Wildman–Crippen LogP) is 2.25. The average molecular weight is 257 g/mol. The van der Waals surface area contributed by atoms with E-state index in [1.807, 2.05) is 39.1 Å². The molecule has 0 bridgehead atoms. The number of nitrogens with zero attached hydrogens (tertiary/aromatic N) is 4. The van der Waals surface area contributed by atoms with E-state index in [0.717, 1.165) is 28.2 Å². The number of pyridine rings is 1. The molecule has 0 aliphatic rings. The van der Waals surface area contributed by atoms with Gasteiger partial charge in [0, 0.05) is 18.3 Å². The second-order valence-corrected chi connectivity index (χ2v) is 4.60. The Morgan fingerprint density at radius 3 is 2.89 bits per heavy atom. The van der Waals surface area contributed by atoms with Crippen molar-refractivity contribution < 1.29 is 4.52 Å². The Morgan fingerprint density at radius 1 is 1.32 bits per heavy atom. The number of fused-ring (bicyclic) bond motifs is 1. The van der Waals surface area contributed by atoms with Crippen LogP contribution < -0.4 is 5.32 Å². The van der Waals surface area contributed by atoms with Gasteiger partial charge in [0.15, 0.2) is 5.65 Å². The molecule has 3 rings (SSSR count). The highest BCUT2D eigenvalue weighted by Crippen LogP contribution is 2.14. The van der Waals surface area contributed by atoms with Gasteiger partial charge in [0.1, 0.15) is 5.76 Å². The molecule has 0 saturated heterocycles. The Balaban J connectivity index is 1.82. The molecule has 6 nitrogen and oxygen atoms in total. The van der Waals surface area contributed by atoms with Crippen molar-refractivity contribution in [2.45, 2.75) is 27.3 Å². The Kier molecular flexibility index (Phi) is 2.70. The Labute approximate surface area is 110 Å². The highest BCUT2D eigenvalue weighted by molar-refractivity contribution is 5.45. The van der Waals surface area contributed by atoms with Crippen molar-refractivity contribution in [2.75, 3.05) is 5.32 Å². The number of hydrogen-bond acceptors (Lipinski definition) is 5. The Bertz CT molecular complexity index is 708. The molecule has 0 unspecified atom stereocenters. The topological polar surface area (TPSA) is 68.2 Å². The zero-order valence-corrected chi connectivity index (χ0v) is 11.1. The van der Waals surface area contributed by atoms with Gasteiger partial charge in [-0.3, -0.25) is 0 Å². The van der Waals surface area contributed by atoms with Crippen LogP contribution >= 0.6 is 0 Å². The van der Waals surface area contributed by atoms with Crippen LogP contribution in [0.2, 0.25) is 0 Å². The summed E-state index contributed by atoms with van der Waals surface area (Å²) in [5.41, 5.74) is 3.94. The van der Waals surface area contributed by atoms with Crippen molar-refractivity contribution in [1.82, 2.24) is 19.8 Å². The minimum atomic E-state index is 0.602. The van der Waals surface area contributed by atoms with E-state index >= 15 is 0 Å². The van der Waals surface area contributed by atoms with Crippen LogP contribution in [0, 0.1) is 20.8 Å². The molecule has 3 aromatic heterocycles. The van der Waals surface area contributed by atoms with Crippen molar-refractivity contribution in [1.29, 1.82) is 0 Å². The largest absolute Gasteiger partial charge is 0.361 e. The van der Waals surface area contributed by atoms with Gasteiger partial charge in [0.25, 0.3) is 0 Å². The summed E-state index contributed by atoms with van der Waals surface area (Å²) in [5.74, 6) is 1.43. The quantitative estimate of drug-likeness (QED) is 0.779. The summed E-state index contributed by atoms with van der Waals surface area (Å²) in [6, 6.07) is 3.99. The van der Waals surface area contributed by atoms with Crippen molar-refractivity contribution in [3.05, 3.63) is 40.9 Å². The molecular formula is C13H15N5O. The van der Waals surface area contributed by atoms with Crippen LogP contribution in [-0.4, -0.2) is 19.8 Å². The normalized spacial score (nSPS) is 11.1. The molecule has 1 N–H and O–H groups in total. The molecule has 0 spiro atoms. The Hall–Kier alpha value is -2.37. The van der Waals surface area contributed by atoms with E-state index in [-0.39, 0.29) is 0 Å². The van der Waals surface area contributed by atoms with E-state index in [9.17, 15) is 0 Å². The van der Waals surface area contributed by atoms with Crippen molar-refractivity contribution in [3.63, 3.8) is 0 Å². The van der Waals surface area contributed by atoms with Crippen molar-refractivity contribution in [3.8, 4) is 0 Å². The zero-order chi connectivity index (χ0) is 13.4. The summed E-state index contributed by atoms with van der Waals surface area (Å²) < 4.78 is 6.87. The van der Waals surface area contributed by atoms with Crippen LogP contribution in [0.1, 0.15) is 22.6 Å². The average Bonchev–Trinajstić information content (AvgIpc) is 2.91. The van der Waals surface area contributed by atoms with Crippen molar-refractivity contribution in [2.24, 2.45) is 0 Å². The summed E-state index contributed by atoms with van der Waals surface area (Å²) in [7, 11) is 0. The first kappa shape index (κ1) is 11.7. The van der Waals surface area contributed by atoms with E-state index in [1.54, 1.807) is 4.52 Å². The lowest BCUT2D eigenvalue weighted by Crippen LogP contribution is -2.03. The van der Waals surface area contributed by atoms with Crippen LogP contribution in [0.15, 0.2) is 22.9 Å². The van der Waals surface area contributed by atoms with Gasteiger partial charge in [-0.15, -0.1) is 5.10 Å². The van der Waals surface area contributed by atoms with E-state index < -0.39 is 0 Å². The molecule has 19 heavy (non-hydrogen) atoms. The third-order valence-corrected chi connectivity index (χ3v) is 3.10. The molecule has 0 aliphatic heterocycles. The first-order valence-electron chi connectivity index (χ1n) is 6.12. The molecule has 0 amide bonds. The monoisotopic (exact) mass is 257 g/mol. The van der Waals surface area contributed by atoms with Crippen LogP contribution in [0.5, 0.6) is 0 Å². The van der Waals surface area contributed by atoms with E-state index in [1.165, 1.54) is 0 Å². The fourth-order valence-electron chi connectivity index (χ4n) is 1.98. The van der Waals surface area contributed by atoms with Gasteiger partial charge in [0.2, 0.25) is 5.95 Å². The lowest BCUT2D eigenvalue weighted by atomic mass is 10.2. The van der Waals surface area contributed by atoms with Gasteiger partial charge in [-0.25, -0.2) is 4.52 Å². The molecule has 0 aliphatic carbocycles. The van der Waals surface area contributed by atoms with Gasteiger partial charge in [-0.05, 0) is 38.5 Å². The number of aromatic nitrogens is 4. The van der Waals surface area contributed by atoms with E-state index in [4.69, 9.17) is 4.52 Å². The van der Waals surface area contributed by atoms with Crippen molar-refractivity contribution >= 4 is 11.6 Å². The number of rotatable bonds is 3. The Morgan fingerprint density at radius 2 is 2.16 bits per heavy atom. The summed E-state index contributed by atoms with van der Waals surface area (Å²) in [4.78, 5) is 4.42. The molecule has 98 valence electrons. The van der Waals surface area contributed by atoms with E-state index in [0.29, 0.717) is 12.5 Å². The minimum absolute atomic E-state index is 0.602. The smallest absolute Gasteiger partial charge is 0.243 e. The zero-order valence-electron chi connectivity index (χ0n) is 11.1. The van der Waals surface area contributed by atoms with Gasteiger partial charge < -0.3 is 9.84 Å². The predicted molar refractivity (Wildman–Crippen MR) is 71.0 cm³/mol. The summed E-state index contributed by atoms with van der Waals surface area (Å²) >= 11 is 0. The first-order chi connectivity index (χ1) is 9.13. The standard InChI is InChI=1S/C13H15N5O/c1-8-4-5-18-12(6-8)15-13(16-18)14-7-11-9(2)17-19-10(11)3/h4-6H,7H2,1-3H3,(H,14,16). The maximum absolute atomic E-state index is 5.12. The molecule has 0 radical (unpaired) electrons. The lowest BCUT2D eigenvalue weighted by Gasteiger charge is -1.99. The number of hydrogen-bond donors (Lipinski definition) is 1. The minimum Gasteiger partial charge on any atom is -0.361 e. The summed E-state index contributed by atoms with van der Waals surface area (Å²) in [5, 5.41) is 11.5. The molecule has 6 heteroatoms. The highest BCUT2D eigenvalue weighted by atomic mass is 16.5. The SMILES string of the molecule is Cc1ccn2nc(NCc3c(C)noc3C)nc2c1. The third kappa shape index (κ3) is 2.16. The van der Waals surface area contributed by atoms with Crippen LogP contribution in [0.3, 0.4) is 0 Å². The molecule has 0 fully saturated rings. The second-order valence-electron chi connectivity index (χ2n) is 4.60. The summed E-state index contributed by atoms with van der Waals surface area (Å²) in [6.45, 7) is 6.47. The fraction of sp³-hybridized carbons (Fsp3) is 0.308. The molecule has 0 saturated carbocycles. The second kappa shape index (κ2) is 4.38. The van der Waals surface area contributed by atoms with Gasteiger partial charge >= 0.3 is 0 Å². The molecule has 0 atom stereocenters. The summed E-state index contributed by atoms with van der Waals surface area (Å²) in [6.07, 6.45) is 1.90. The molecular weight excluding hydrogens is 242 g/mol. The van der Waals surface area contributed by atoms with Gasteiger partial charge in [-0.1, -0.05) is 5.16 Å². The lowest BCUT2D eigenvalue weighted by molar-refractivity contribution is 0.392. The number of aryl methyl sites for hydroxylation is 3. The number of nitrogens with one attached hydrogen (secondary N) is 1. The molecule has 3 aromatic rings. The number of anilines is 1. The molecule has 0 aromatic carbocycles. The third-order valence-electron chi connectivity index (χ3n) is 3.10. The van der Waals surface area contributed by atoms with Gasteiger partial charge in [0.05, 0.1) is 5.69 Å². The molecule has 3 heterocycles. The van der Waals surface area contributed by atoms with E-state index in [2.05, 4.69) is 20.6 Å². The maximum atomic E-state index is 5.12. The maximum Gasteiger partial charge on any atom is 0.243 e.